The Balaban J connectivity index is 2.34. The Morgan fingerprint density at radius 1 is 1.75 bits per heavy atom. The minimum Gasteiger partial charge on any atom is -0.394 e. The van der Waals surface area contributed by atoms with Gasteiger partial charge in [0.25, 0.3) is 0 Å². The predicted octanol–water partition coefficient (Wildman–Crippen LogP) is -1.43. The molecule has 0 bridgehead atoms. The smallest absolute Gasteiger partial charge is 0.352 e. The molecular formula is C9H14N4O3. The first-order valence-electron chi connectivity index (χ1n) is 4.98. The van der Waals surface area contributed by atoms with Gasteiger partial charge in [0.05, 0.1) is 12.7 Å². The Morgan fingerprint density at radius 2 is 2.50 bits per heavy atom. The van der Waals surface area contributed by atoms with E-state index in [4.69, 9.17) is 21.3 Å². The SMILES string of the molecule is Nc1ccn([C@@]2(N)CC[C@@H](CO)O2)c(=O)n1. The molecule has 0 saturated carbocycles. The van der Waals surface area contributed by atoms with Gasteiger partial charge < -0.3 is 15.6 Å². The normalized spacial score (nSPS) is 29.5. The fraction of sp³-hybridized carbons (Fsp3) is 0.556. The third-order valence-corrected chi connectivity index (χ3v) is 2.63. The van der Waals surface area contributed by atoms with Crippen molar-refractivity contribution in [3.63, 3.8) is 0 Å². The summed E-state index contributed by atoms with van der Waals surface area (Å²) in [7, 11) is 0. The molecule has 0 amide bonds. The van der Waals surface area contributed by atoms with Crippen LogP contribution in [-0.2, 0) is 10.6 Å². The number of aromatic nitrogens is 2. The second kappa shape index (κ2) is 3.85. The average Bonchev–Trinajstić information content (AvgIpc) is 2.61. The minimum atomic E-state index is -1.23. The molecule has 1 saturated heterocycles. The van der Waals surface area contributed by atoms with E-state index in [0.717, 1.165) is 0 Å². The number of anilines is 1. The van der Waals surface area contributed by atoms with Crippen LogP contribution < -0.4 is 17.2 Å². The summed E-state index contributed by atoms with van der Waals surface area (Å²) in [5, 5.41) is 8.96. The average molecular weight is 226 g/mol. The zero-order valence-electron chi connectivity index (χ0n) is 8.67. The third-order valence-electron chi connectivity index (χ3n) is 2.63. The van der Waals surface area contributed by atoms with Crippen LogP contribution in [0.25, 0.3) is 0 Å². The van der Waals surface area contributed by atoms with Crippen LogP contribution >= 0.6 is 0 Å². The van der Waals surface area contributed by atoms with Crippen LogP contribution in [0.2, 0.25) is 0 Å². The van der Waals surface area contributed by atoms with Crippen LogP contribution in [0.1, 0.15) is 12.8 Å². The molecule has 7 nitrogen and oxygen atoms in total. The van der Waals surface area contributed by atoms with Crippen molar-refractivity contribution in [1.82, 2.24) is 9.55 Å². The van der Waals surface area contributed by atoms with Crippen molar-refractivity contribution in [1.29, 1.82) is 0 Å². The molecule has 16 heavy (non-hydrogen) atoms. The van der Waals surface area contributed by atoms with E-state index in [9.17, 15) is 4.79 Å². The first-order chi connectivity index (χ1) is 7.55. The van der Waals surface area contributed by atoms with Crippen LogP contribution in [0.3, 0.4) is 0 Å². The predicted molar refractivity (Wildman–Crippen MR) is 56.3 cm³/mol. The Morgan fingerprint density at radius 3 is 3.06 bits per heavy atom. The van der Waals surface area contributed by atoms with Crippen molar-refractivity contribution >= 4 is 5.82 Å². The topological polar surface area (TPSA) is 116 Å². The van der Waals surface area contributed by atoms with E-state index in [1.807, 2.05) is 0 Å². The van der Waals surface area contributed by atoms with Crippen LogP contribution in [0.4, 0.5) is 5.82 Å². The molecule has 88 valence electrons. The van der Waals surface area contributed by atoms with Crippen LogP contribution in [0, 0.1) is 0 Å². The van der Waals surface area contributed by atoms with Crippen molar-refractivity contribution in [3.8, 4) is 0 Å². The molecule has 1 aliphatic heterocycles. The molecule has 5 N–H and O–H groups in total. The summed E-state index contributed by atoms with van der Waals surface area (Å²) in [4.78, 5) is 15.2. The molecule has 2 atom stereocenters. The van der Waals surface area contributed by atoms with E-state index < -0.39 is 11.5 Å². The molecule has 0 spiro atoms. The fourth-order valence-corrected chi connectivity index (χ4v) is 1.78. The van der Waals surface area contributed by atoms with Gasteiger partial charge in [-0.15, -0.1) is 0 Å². The zero-order valence-corrected chi connectivity index (χ0v) is 8.67. The maximum absolute atomic E-state index is 11.6. The third kappa shape index (κ3) is 1.80. The number of nitrogens with two attached hydrogens (primary N) is 2. The molecule has 1 fully saturated rings. The van der Waals surface area contributed by atoms with Crippen LogP contribution in [-0.4, -0.2) is 27.4 Å². The van der Waals surface area contributed by atoms with Gasteiger partial charge in [-0.1, -0.05) is 0 Å². The molecular weight excluding hydrogens is 212 g/mol. The number of hydrogen-bond acceptors (Lipinski definition) is 6. The summed E-state index contributed by atoms with van der Waals surface area (Å²) < 4.78 is 6.61. The summed E-state index contributed by atoms with van der Waals surface area (Å²) in [5.74, 6) is -1.09. The van der Waals surface area contributed by atoms with Gasteiger partial charge in [0.2, 0.25) is 5.85 Å². The highest BCUT2D eigenvalue weighted by Crippen LogP contribution is 2.28. The van der Waals surface area contributed by atoms with E-state index in [1.54, 1.807) is 0 Å². The Hall–Kier alpha value is -1.44. The summed E-state index contributed by atoms with van der Waals surface area (Å²) in [6, 6.07) is 1.48. The molecule has 0 aliphatic carbocycles. The second-order valence-corrected chi connectivity index (χ2v) is 3.81. The lowest BCUT2D eigenvalue weighted by molar-refractivity contribution is -0.109. The Kier molecular flexibility index (Phi) is 2.66. The highest BCUT2D eigenvalue weighted by atomic mass is 16.6. The molecule has 1 aromatic heterocycles. The molecule has 7 heteroatoms. The molecule has 2 heterocycles. The van der Waals surface area contributed by atoms with E-state index in [-0.39, 0.29) is 18.5 Å². The van der Waals surface area contributed by atoms with Gasteiger partial charge in [0.15, 0.2) is 0 Å². The first-order valence-corrected chi connectivity index (χ1v) is 4.98. The van der Waals surface area contributed by atoms with E-state index >= 15 is 0 Å². The van der Waals surface area contributed by atoms with Gasteiger partial charge in [-0.3, -0.25) is 10.3 Å². The van der Waals surface area contributed by atoms with Gasteiger partial charge in [-0.25, -0.2) is 4.79 Å². The number of rotatable bonds is 2. The summed E-state index contributed by atoms with van der Waals surface area (Å²) >= 11 is 0. The van der Waals surface area contributed by atoms with Gasteiger partial charge in [-0.05, 0) is 12.5 Å². The van der Waals surface area contributed by atoms with Crippen molar-refractivity contribution in [2.24, 2.45) is 5.73 Å². The maximum atomic E-state index is 11.6. The van der Waals surface area contributed by atoms with Crippen LogP contribution in [0.5, 0.6) is 0 Å². The first kappa shape index (κ1) is 11.1. The molecule has 0 radical (unpaired) electrons. The highest BCUT2D eigenvalue weighted by Gasteiger charge is 2.39. The number of nitrogens with zero attached hydrogens (tertiary/aromatic N) is 2. The summed E-state index contributed by atoms with van der Waals surface area (Å²) in [5.41, 5.74) is 10.8. The largest absolute Gasteiger partial charge is 0.394 e. The quantitative estimate of drug-likeness (QED) is 0.569. The number of hydrogen-bond donors (Lipinski definition) is 3. The van der Waals surface area contributed by atoms with Crippen molar-refractivity contribution < 1.29 is 9.84 Å². The van der Waals surface area contributed by atoms with Crippen molar-refractivity contribution in [2.45, 2.75) is 24.8 Å². The van der Waals surface area contributed by atoms with Gasteiger partial charge in [0.1, 0.15) is 5.82 Å². The van der Waals surface area contributed by atoms with Gasteiger partial charge in [0, 0.05) is 12.6 Å². The van der Waals surface area contributed by atoms with Gasteiger partial charge in [-0.2, -0.15) is 4.98 Å². The lowest BCUT2D eigenvalue weighted by Gasteiger charge is -2.26. The lowest BCUT2D eigenvalue weighted by Crippen LogP contribution is -2.49. The van der Waals surface area contributed by atoms with Crippen LogP contribution in [0.15, 0.2) is 17.1 Å². The molecule has 1 aromatic rings. The van der Waals surface area contributed by atoms with E-state index in [0.29, 0.717) is 12.8 Å². The van der Waals surface area contributed by atoms with Gasteiger partial charge >= 0.3 is 5.69 Å². The molecule has 1 aliphatic rings. The van der Waals surface area contributed by atoms with E-state index in [2.05, 4.69) is 4.98 Å². The Bertz CT molecular complexity index is 447. The maximum Gasteiger partial charge on any atom is 0.352 e. The monoisotopic (exact) mass is 226 g/mol. The van der Waals surface area contributed by atoms with Crippen molar-refractivity contribution in [3.05, 3.63) is 22.7 Å². The zero-order chi connectivity index (χ0) is 11.8. The number of ether oxygens (including phenoxy) is 1. The number of nitrogen functional groups attached to an aromatic ring is 1. The second-order valence-electron chi connectivity index (χ2n) is 3.81. The number of aliphatic hydroxyl groups is 1. The molecule has 0 unspecified atom stereocenters. The highest BCUT2D eigenvalue weighted by molar-refractivity contribution is 5.23. The van der Waals surface area contributed by atoms with E-state index in [1.165, 1.54) is 16.8 Å². The fourth-order valence-electron chi connectivity index (χ4n) is 1.78. The number of aliphatic hydroxyl groups excluding tert-OH is 1. The lowest BCUT2D eigenvalue weighted by atomic mass is 10.2. The van der Waals surface area contributed by atoms with Crippen molar-refractivity contribution in [2.75, 3.05) is 12.3 Å². The molecule has 2 rings (SSSR count). The minimum absolute atomic E-state index is 0.115. The summed E-state index contributed by atoms with van der Waals surface area (Å²) in [6.45, 7) is -0.115. The standard InChI is InChI=1S/C9H14N4O3/c10-7-2-4-13(8(15)12-7)9(11)3-1-6(5-14)16-9/h2,4,6,14H,1,3,5,11H2,(H2,10,12,15)/t6-,9-/m0/s1. The summed E-state index contributed by atoms with van der Waals surface area (Å²) in [6.07, 6.45) is 2.16. The Labute approximate surface area is 91.6 Å². The molecule has 0 aromatic carbocycles.